The lowest BCUT2D eigenvalue weighted by Crippen LogP contribution is -2.31. The van der Waals surface area contributed by atoms with Crippen LogP contribution in [-0.4, -0.2) is 24.7 Å². The van der Waals surface area contributed by atoms with Crippen LogP contribution in [0.5, 0.6) is 0 Å². The summed E-state index contributed by atoms with van der Waals surface area (Å²) in [5, 5.41) is 4.23. The molecule has 9 heteroatoms. The molecule has 0 saturated heterocycles. The van der Waals surface area contributed by atoms with Gasteiger partial charge in [0, 0.05) is 23.1 Å². The molecule has 3 aromatic rings. The molecule has 0 aliphatic rings. The van der Waals surface area contributed by atoms with Crippen LogP contribution in [0, 0.1) is 5.82 Å². The number of nitrogens with one attached hydrogen (secondary N) is 1. The van der Waals surface area contributed by atoms with Crippen molar-refractivity contribution in [1.82, 2.24) is 14.5 Å². The number of halogens is 1. The van der Waals surface area contributed by atoms with Crippen LogP contribution in [0.1, 0.15) is 11.8 Å². The predicted octanol–water partition coefficient (Wildman–Crippen LogP) is 2.65. The van der Waals surface area contributed by atoms with E-state index < -0.39 is 10.0 Å². The molecule has 6 nitrogen and oxygen atoms in total. The average Bonchev–Trinajstić information content (AvgIpc) is 3.14. The topological polar surface area (TPSA) is 81.1 Å². The Kier molecular flexibility index (Phi) is 5.83. The first-order chi connectivity index (χ1) is 12.9. The number of benzene rings is 1. The number of thiophene rings is 1. The number of aromatic nitrogens is 2. The minimum Gasteiger partial charge on any atom is -0.268 e. The lowest BCUT2D eigenvalue weighted by molar-refractivity contribution is 0.550. The molecule has 0 atom stereocenters. The zero-order valence-electron chi connectivity index (χ0n) is 14.6. The van der Waals surface area contributed by atoms with E-state index in [4.69, 9.17) is 0 Å². The first-order valence-electron chi connectivity index (χ1n) is 8.31. The Labute approximate surface area is 160 Å². The van der Waals surface area contributed by atoms with Crippen molar-refractivity contribution in [1.29, 1.82) is 0 Å². The largest absolute Gasteiger partial charge is 0.268 e. The highest BCUT2D eigenvalue weighted by atomic mass is 32.2. The summed E-state index contributed by atoms with van der Waals surface area (Å²) in [7, 11) is -3.62. The average molecular weight is 407 g/mol. The maximum atomic E-state index is 13.0. The van der Waals surface area contributed by atoms with Crippen molar-refractivity contribution in [3.8, 4) is 11.3 Å². The van der Waals surface area contributed by atoms with Crippen molar-refractivity contribution in [2.45, 2.75) is 24.1 Å². The van der Waals surface area contributed by atoms with Crippen LogP contribution < -0.4 is 10.3 Å². The van der Waals surface area contributed by atoms with Crippen molar-refractivity contribution < 1.29 is 12.8 Å². The summed E-state index contributed by atoms with van der Waals surface area (Å²) in [6.07, 6.45) is 0.773. The fraction of sp³-hybridized carbons (Fsp3) is 0.222. The number of sulfonamides is 1. The second-order valence-corrected chi connectivity index (χ2v) is 8.92. The van der Waals surface area contributed by atoms with E-state index in [-0.39, 0.29) is 28.7 Å². The quantitative estimate of drug-likeness (QED) is 0.653. The fourth-order valence-electron chi connectivity index (χ4n) is 2.43. The van der Waals surface area contributed by atoms with Crippen LogP contribution in [0.25, 0.3) is 11.3 Å². The summed E-state index contributed by atoms with van der Waals surface area (Å²) >= 11 is 1.22. The zero-order valence-corrected chi connectivity index (χ0v) is 16.2. The predicted molar refractivity (Wildman–Crippen MR) is 103 cm³/mol. The molecule has 0 amide bonds. The second-order valence-electron chi connectivity index (χ2n) is 5.76. The summed E-state index contributed by atoms with van der Waals surface area (Å²) in [4.78, 5) is 13.0. The second kappa shape index (κ2) is 8.12. The lowest BCUT2D eigenvalue weighted by atomic mass is 10.1. The summed E-state index contributed by atoms with van der Waals surface area (Å²) in [6.45, 7) is 2.07. The van der Waals surface area contributed by atoms with E-state index in [1.807, 2.05) is 6.92 Å². The molecule has 27 heavy (non-hydrogen) atoms. The van der Waals surface area contributed by atoms with Gasteiger partial charge >= 0.3 is 0 Å². The molecule has 0 bridgehead atoms. The zero-order chi connectivity index (χ0) is 19.4. The van der Waals surface area contributed by atoms with Gasteiger partial charge in [-0.1, -0.05) is 6.92 Å². The van der Waals surface area contributed by atoms with Gasteiger partial charge in [0.05, 0.1) is 12.2 Å². The third-order valence-electron chi connectivity index (χ3n) is 3.87. The van der Waals surface area contributed by atoms with E-state index in [0.717, 1.165) is 11.3 Å². The summed E-state index contributed by atoms with van der Waals surface area (Å²) in [5.41, 5.74) is 0.823. The normalized spacial score (nSPS) is 11.6. The van der Waals surface area contributed by atoms with Gasteiger partial charge in [-0.25, -0.2) is 22.2 Å². The molecule has 142 valence electrons. The molecule has 0 aliphatic carbocycles. The highest BCUT2D eigenvalue weighted by Crippen LogP contribution is 2.21. The molecular formula is C18H18FN3O3S2. The van der Waals surface area contributed by atoms with Crippen molar-refractivity contribution in [2.75, 3.05) is 6.54 Å². The Hall–Kier alpha value is -2.36. The highest BCUT2D eigenvalue weighted by molar-refractivity contribution is 7.91. The molecule has 0 unspecified atom stereocenters. The van der Waals surface area contributed by atoms with Gasteiger partial charge in [0.25, 0.3) is 5.56 Å². The number of aryl methyl sites for hydroxylation is 1. The van der Waals surface area contributed by atoms with Crippen molar-refractivity contribution in [3.63, 3.8) is 0 Å². The van der Waals surface area contributed by atoms with Crippen LogP contribution in [0.15, 0.2) is 57.5 Å². The van der Waals surface area contributed by atoms with E-state index in [2.05, 4.69) is 9.82 Å². The maximum Gasteiger partial charge on any atom is 0.266 e. The van der Waals surface area contributed by atoms with Crippen LogP contribution in [0.4, 0.5) is 4.39 Å². The minimum absolute atomic E-state index is 0.0292. The van der Waals surface area contributed by atoms with Gasteiger partial charge in [-0.05, 0) is 48.9 Å². The Balaban J connectivity index is 1.71. The van der Waals surface area contributed by atoms with E-state index in [0.29, 0.717) is 11.3 Å². The number of hydrogen-bond donors (Lipinski definition) is 1. The van der Waals surface area contributed by atoms with E-state index in [9.17, 15) is 17.6 Å². The summed E-state index contributed by atoms with van der Waals surface area (Å²) in [6, 6.07) is 12.0. The van der Waals surface area contributed by atoms with Gasteiger partial charge in [0.2, 0.25) is 10.0 Å². The Morgan fingerprint density at radius 1 is 1.11 bits per heavy atom. The molecular weight excluding hydrogens is 389 g/mol. The van der Waals surface area contributed by atoms with Crippen molar-refractivity contribution in [3.05, 3.63) is 69.6 Å². The monoisotopic (exact) mass is 407 g/mol. The van der Waals surface area contributed by atoms with Crippen LogP contribution in [0.3, 0.4) is 0 Å². The SMILES string of the molecule is CCc1ccc(S(=O)(=O)NCCn2nc(-c3ccc(F)cc3)ccc2=O)s1. The van der Waals surface area contributed by atoms with Gasteiger partial charge < -0.3 is 0 Å². The fourth-order valence-corrected chi connectivity index (χ4v) is 4.79. The van der Waals surface area contributed by atoms with Crippen molar-refractivity contribution in [2.24, 2.45) is 0 Å². The Bertz CT molecular complexity index is 1090. The molecule has 0 saturated carbocycles. The minimum atomic E-state index is -3.62. The van der Waals surface area contributed by atoms with Crippen molar-refractivity contribution >= 4 is 21.4 Å². The molecule has 1 aromatic carbocycles. The van der Waals surface area contributed by atoms with Gasteiger partial charge in [-0.15, -0.1) is 11.3 Å². The number of rotatable bonds is 7. The standard InChI is InChI=1S/C18H18FN3O3S2/c1-2-15-7-10-18(26-15)27(24,25)20-11-12-22-17(23)9-8-16(21-22)13-3-5-14(19)6-4-13/h3-10,20H,2,11-12H2,1H3. The molecule has 2 aromatic heterocycles. The molecule has 1 N–H and O–H groups in total. The summed E-state index contributed by atoms with van der Waals surface area (Å²) < 4.78 is 41.6. The van der Waals surface area contributed by atoms with Crippen LogP contribution >= 0.6 is 11.3 Å². The molecule has 0 fully saturated rings. The lowest BCUT2D eigenvalue weighted by Gasteiger charge is -2.08. The van der Waals surface area contributed by atoms with Gasteiger partial charge in [0.1, 0.15) is 10.0 Å². The third kappa shape index (κ3) is 4.68. The first-order valence-corrected chi connectivity index (χ1v) is 10.6. The smallest absolute Gasteiger partial charge is 0.266 e. The first kappa shape index (κ1) is 19.4. The van der Waals surface area contributed by atoms with Crippen LogP contribution in [-0.2, 0) is 23.0 Å². The molecule has 0 spiro atoms. The third-order valence-corrected chi connectivity index (χ3v) is 7.06. The van der Waals surface area contributed by atoms with Gasteiger partial charge in [-0.3, -0.25) is 4.79 Å². The molecule has 2 heterocycles. The van der Waals surface area contributed by atoms with E-state index in [1.165, 1.54) is 34.2 Å². The number of hydrogen-bond acceptors (Lipinski definition) is 5. The Morgan fingerprint density at radius 2 is 1.85 bits per heavy atom. The number of nitrogens with zero attached hydrogens (tertiary/aromatic N) is 2. The van der Waals surface area contributed by atoms with Gasteiger partial charge in [-0.2, -0.15) is 5.10 Å². The molecule has 0 aliphatic heterocycles. The van der Waals surface area contributed by atoms with Gasteiger partial charge in [0.15, 0.2) is 0 Å². The summed E-state index contributed by atoms with van der Waals surface area (Å²) in [5.74, 6) is -0.360. The Morgan fingerprint density at radius 3 is 2.52 bits per heavy atom. The van der Waals surface area contributed by atoms with E-state index >= 15 is 0 Å². The molecule has 3 rings (SSSR count). The molecule has 0 radical (unpaired) electrons. The highest BCUT2D eigenvalue weighted by Gasteiger charge is 2.16. The van der Waals surface area contributed by atoms with E-state index in [1.54, 1.807) is 30.3 Å². The van der Waals surface area contributed by atoms with Crippen LogP contribution in [0.2, 0.25) is 0 Å². The maximum absolute atomic E-state index is 13.0.